The van der Waals surface area contributed by atoms with Crippen molar-refractivity contribution in [2.75, 3.05) is 6.61 Å². The molecule has 1 N–H and O–H groups in total. The van der Waals surface area contributed by atoms with E-state index in [1.165, 1.54) is 17.8 Å². The van der Waals surface area contributed by atoms with Gasteiger partial charge in [0.1, 0.15) is 0 Å². The molecule has 2 rings (SSSR count). The first-order valence-corrected chi connectivity index (χ1v) is 8.85. The number of urea groups is 1. The Hall–Kier alpha value is -1.14. The Morgan fingerprint density at radius 3 is 2.95 bits per heavy atom. The first kappa shape index (κ1) is 17.2. The summed E-state index contributed by atoms with van der Waals surface area (Å²) in [5, 5.41) is 4.91. The van der Waals surface area contributed by atoms with Crippen molar-refractivity contribution in [3.63, 3.8) is 0 Å². The van der Waals surface area contributed by atoms with Crippen molar-refractivity contribution in [1.29, 1.82) is 0 Å². The van der Waals surface area contributed by atoms with Gasteiger partial charge in [-0.05, 0) is 31.6 Å². The Balaban J connectivity index is 2.02. The Bertz CT molecular complexity index is 550. The molecule has 1 aliphatic heterocycles. The zero-order valence-electron chi connectivity index (χ0n) is 14.0. The highest BCUT2D eigenvalue weighted by molar-refractivity contribution is 7.07. The molecule has 0 radical (unpaired) electrons. The number of hydrogen-bond donors (Lipinski definition) is 1. The monoisotopic (exact) mass is 325 g/mol. The fourth-order valence-electron chi connectivity index (χ4n) is 2.22. The van der Waals surface area contributed by atoms with E-state index in [2.05, 4.69) is 31.1 Å². The number of nitrogens with zero attached hydrogens (tertiary/aromatic N) is 2. The summed E-state index contributed by atoms with van der Waals surface area (Å²) in [4.78, 5) is 17.0. The van der Waals surface area contributed by atoms with Crippen LogP contribution < -0.4 is 10.1 Å². The second kappa shape index (κ2) is 7.42. The van der Waals surface area contributed by atoms with Crippen LogP contribution in [0.1, 0.15) is 47.0 Å². The van der Waals surface area contributed by atoms with Crippen LogP contribution >= 0.6 is 11.3 Å². The molecule has 0 aliphatic carbocycles. The molecule has 1 saturated heterocycles. The minimum Gasteiger partial charge on any atom is -0.376 e. The van der Waals surface area contributed by atoms with Crippen molar-refractivity contribution in [2.24, 2.45) is 10.4 Å². The zero-order valence-corrected chi connectivity index (χ0v) is 14.8. The third-order valence-electron chi connectivity index (χ3n) is 4.17. The molecule has 22 heavy (non-hydrogen) atoms. The molecular formula is C16H27N3O2S. The number of amides is 2. The number of ether oxygens (including phenoxy) is 1. The van der Waals surface area contributed by atoms with E-state index in [0.717, 1.165) is 30.8 Å². The fraction of sp³-hybridized carbons (Fsp3) is 0.750. The minimum absolute atomic E-state index is 0.0204. The van der Waals surface area contributed by atoms with Crippen molar-refractivity contribution in [1.82, 2.24) is 9.88 Å². The molecule has 5 nitrogen and oxygen atoms in total. The number of aromatic nitrogens is 1. The molecule has 1 aromatic heterocycles. The average Bonchev–Trinajstić information content (AvgIpc) is 2.86. The third-order valence-corrected chi connectivity index (χ3v) is 4.96. The van der Waals surface area contributed by atoms with E-state index < -0.39 is 0 Å². The van der Waals surface area contributed by atoms with Crippen LogP contribution in [-0.4, -0.2) is 29.4 Å². The maximum Gasteiger partial charge on any atom is 0.343 e. The smallest absolute Gasteiger partial charge is 0.343 e. The molecule has 2 amide bonds. The van der Waals surface area contributed by atoms with Crippen LogP contribution in [0.2, 0.25) is 0 Å². The lowest BCUT2D eigenvalue weighted by Gasteiger charge is -2.27. The van der Waals surface area contributed by atoms with Crippen LogP contribution in [0.15, 0.2) is 16.6 Å². The second-order valence-electron chi connectivity index (χ2n) is 6.98. The van der Waals surface area contributed by atoms with Gasteiger partial charge in [-0.25, -0.2) is 4.79 Å². The molecule has 0 saturated carbocycles. The average molecular weight is 325 g/mol. The summed E-state index contributed by atoms with van der Waals surface area (Å²) in [6.07, 6.45) is 5.65. The van der Waals surface area contributed by atoms with Crippen LogP contribution in [0.4, 0.5) is 4.79 Å². The fourth-order valence-corrected chi connectivity index (χ4v) is 2.95. The predicted molar refractivity (Wildman–Crippen MR) is 88.9 cm³/mol. The lowest BCUT2D eigenvalue weighted by molar-refractivity contribution is 0.00557. The van der Waals surface area contributed by atoms with E-state index in [0.29, 0.717) is 0 Å². The molecule has 6 heteroatoms. The summed E-state index contributed by atoms with van der Waals surface area (Å²) in [7, 11) is 0. The standard InChI is InChI=1S/C16H27N3O2S/c1-12(16(2,3)4)17-14(20)18-15-19(8-10-22-15)11-13-7-5-6-9-21-13/h8,10,12-13H,5-7,9,11H2,1-4H3,(H,17,20)/t12-,13?/m0/s1. The Labute approximate surface area is 136 Å². The van der Waals surface area contributed by atoms with Gasteiger partial charge in [-0.15, -0.1) is 11.3 Å². The summed E-state index contributed by atoms with van der Waals surface area (Å²) < 4.78 is 7.78. The van der Waals surface area contributed by atoms with Gasteiger partial charge in [0.25, 0.3) is 0 Å². The van der Waals surface area contributed by atoms with Crippen molar-refractivity contribution in [2.45, 2.75) is 65.6 Å². The molecule has 0 spiro atoms. The maximum absolute atomic E-state index is 12.1. The van der Waals surface area contributed by atoms with Gasteiger partial charge in [0, 0.05) is 24.2 Å². The first-order chi connectivity index (χ1) is 10.4. The van der Waals surface area contributed by atoms with Gasteiger partial charge in [0.15, 0.2) is 4.80 Å². The van der Waals surface area contributed by atoms with Gasteiger partial charge in [0.05, 0.1) is 12.6 Å². The molecular weight excluding hydrogens is 298 g/mol. The molecule has 0 aromatic carbocycles. The predicted octanol–water partition coefficient (Wildman–Crippen LogP) is 3.16. The molecule has 1 unspecified atom stereocenters. The van der Waals surface area contributed by atoms with Crippen LogP contribution in [-0.2, 0) is 11.3 Å². The number of thiazole rings is 1. The number of hydrogen-bond acceptors (Lipinski definition) is 3. The van der Waals surface area contributed by atoms with E-state index in [-0.39, 0.29) is 23.6 Å². The van der Waals surface area contributed by atoms with Crippen LogP contribution in [0.5, 0.6) is 0 Å². The molecule has 1 fully saturated rings. The van der Waals surface area contributed by atoms with Crippen LogP contribution in [0.25, 0.3) is 0 Å². The molecule has 2 atom stereocenters. The van der Waals surface area contributed by atoms with E-state index >= 15 is 0 Å². The van der Waals surface area contributed by atoms with E-state index in [9.17, 15) is 4.79 Å². The maximum atomic E-state index is 12.1. The zero-order chi connectivity index (χ0) is 16.2. The van der Waals surface area contributed by atoms with Crippen molar-refractivity contribution in [3.05, 3.63) is 16.4 Å². The number of nitrogens with one attached hydrogen (secondary N) is 1. The number of carbonyl (C=O) groups is 1. The summed E-state index contributed by atoms with van der Waals surface area (Å²) in [6.45, 7) is 9.92. The van der Waals surface area contributed by atoms with Crippen LogP contribution in [0, 0.1) is 5.41 Å². The number of rotatable bonds is 3. The van der Waals surface area contributed by atoms with Crippen molar-refractivity contribution >= 4 is 17.4 Å². The van der Waals surface area contributed by atoms with Gasteiger partial charge in [0.2, 0.25) is 0 Å². The highest BCUT2D eigenvalue weighted by Gasteiger charge is 2.21. The largest absolute Gasteiger partial charge is 0.376 e. The lowest BCUT2D eigenvalue weighted by Crippen LogP contribution is -2.41. The highest BCUT2D eigenvalue weighted by atomic mass is 32.1. The molecule has 2 heterocycles. The van der Waals surface area contributed by atoms with Gasteiger partial charge < -0.3 is 14.6 Å². The summed E-state index contributed by atoms with van der Waals surface area (Å²) in [5.41, 5.74) is 0.0204. The van der Waals surface area contributed by atoms with Gasteiger partial charge in [-0.2, -0.15) is 4.99 Å². The van der Waals surface area contributed by atoms with Crippen molar-refractivity contribution in [3.8, 4) is 0 Å². The van der Waals surface area contributed by atoms with E-state index in [1.54, 1.807) is 0 Å². The molecule has 0 bridgehead atoms. The summed E-state index contributed by atoms with van der Waals surface area (Å²) in [5.74, 6) is 0. The SMILES string of the molecule is C[C@H](NC(=O)N=c1sccn1CC1CCCCO1)C(C)(C)C. The topological polar surface area (TPSA) is 55.6 Å². The Morgan fingerprint density at radius 1 is 1.55 bits per heavy atom. The minimum atomic E-state index is -0.275. The first-order valence-electron chi connectivity index (χ1n) is 7.97. The molecule has 1 aromatic rings. The molecule has 124 valence electrons. The van der Waals surface area contributed by atoms with Gasteiger partial charge >= 0.3 is 6.03 Å². The second-order valence-corrected chi connectivity index (χ2v) is 7.85. The normalized spacial score (nSPS) is 21.6. The van der Waals surface area contributed by atoms with Gasteiger partial charge in [-0.3, -0.25) is 0 Å². The third kappa shape index (κ3) is 4.95. The van der Waals surface area contributed by atoms with E-state index in [4.69, 9.17) is 4.74 Å². The van der Waals surface area contributed by atoms with Gasteiger partial charge in [-0.1, -0.05) is 20.8 Å². The highest BCUT2D eigenvalue weighted by Crippen LogP contribution is 2.18. The van der Waals surface area contributed by atoms with Crippen molar-refractivity contribution < 1.29 is 9.53 Å². The number of carbonyl (C=O) groups excluding carboxylic acids is 1. The Morgan fingerprint density at radius 2 is 2.32 bits per heavy atom. The van der Waals surface area contributed by atoms with E-state index in [1.807, 2.05) is 23.1 Å². The summed E-state index contributed by atoms with van der Waals surface area (Å²) in [6, 6.07) is -0.206. The lowest BCUT2D eigenvalue weighted by atomic mass is 9.88. The quantitative estimate of drug-likeness (QED) is 0.928. The summed E-state index contributed by atoms with van der Waals surface area (Å²) >= 11 is 1.48. The Kier molecular flexibility index (Phi) is 5.81. The van der Waals surface area contributed by atoms with Crippen LogP contribution in [0.3, 0.4) is 0 Å². The molecule has 1 aliphatic rings.